The highest BCUT2D eigenvalue weighted by Gasteiger charge is 2.08. The van der Waals surface area contributed by atoms with Crippen LogP contribution in [0.4, 0.5) is 5.69 Å². The second kappa shape index (κ2) is 4.65. The Kier molecular flexibility index (Phi) is 3.51. The largest absolute Gasteiger partial charge is 0.398 e. The van der Waals surface area contributed by atoms with Crippen molar-refractivity contribution in [2.75, 3.05) is 12.3 Å². The number of carbonyl (C=O) groups is 1. The van der Waals surface area contributed by atoms with Crippen LogP contribution in [0, 0.1) is 12.0 Å². The molecule has 1 aromatic carbocycles. The summed E-state index contributed by atoms with van der Waals surface area (Å²) in [7, 11) is 0. The molecule has 0 heterocycles. The van der Waals surface area contributed by atoms with E-state index in [4.69, 9.17) is 5.73 Å². The molecular weight excluding hydrogens is 176 g/mol. The van der Waals surface area contributed by atoms with Crippen LogP contribution in [0.3, 0.4) is 0 Å². The Morgan fingerprint density at radius 1 is 1.64 bits per heavy atom. The Labute approximate surface area is 84.3 Å². The predicted molar refractivity (Wildman–Crippen MR) is 56.9 cm³/mol. The molecule has 0 bridgehead atoms. The van der Waals surface area contributed by atoms with Crippen LogP contribution in [0.2, 0.25) is 0 Å². The number of benzene rings is 1. The van der Waals surface area contributed by atoms with Gasteiger partial charge in [-0.15, -0.1) is 0 Å². The second-order valence-electron chi connectivity index (χ2n) is 3.60. The van der Waals surface area contributed by atoms with E-state index in [2.05, 4.69) is 11.4 Å². The lowest BCUT2D eigenvalue weighted by Crippen LogP contribution is -2.28. The number of carbonyl (C=O) groups excluding carboxylic acids is 1. The normalized spacial score (nSPS) is 10.2. The Balaban J connectivity index is 2.65. The van der Waals surface area contributed by atoms with Gasteiger partial charge in [-0.25, -0.2) is 0 Å². The molecule has 1 aromatic rings. The number of nitrogens with two attached hydrogens (primary N) is 1. The zero-order valence-corrected chi connectivity index (χ0v) is 8.50. The molecule has 0 atom stereocenters. The monoisotopic (exact) mass is 191 g/mol. The minimum Gasteiger partial charge on any atom is -0.398 e. The van der Waals surface area contributed by atoms with Crippen molar-refractivity contribution in [3.63, 3.8) is 0 Å². The summed E-state index contributed by atoms with van der Waals surface area (Å²) in [6.07, 6.45) is 0. The third-order valence-corrected chi connectivity index (χ3v) is 1.79. The number of nitrogen functional groups attached to an aromatic ring is 1. The summed E-state index contributed by atoms with van der Waals surface area (Å²) >= 11 is 0. The maximum Gasteiger partial charge on any atom is 0.254 e. The number of hydrogen-bond acceptors (Lipinski definition) is 2. The predicted octanol–water partition coefficient (Wildman–Crippen LogP) is 1.45. The van der Waals surface area contributed by atoms with E-state index in [1.807, 2.05) is 13.8 Å². The summed E-state index contributed by atoms with van der Waals surface area (Å²) in [5.74, 6) is 0.278. The van der Waals surface area contributed by atoms with Crippen LogP contribution in [0.5, 0.6) is 0 Å². The lowest BCUT2D eigenvalue weighted by molar-refractivity contribution is 0.0949. The molecule has 0 aliphatic rings. The Morgan fingerprint density at radius 2 is 2.36 bits per heavy atom. The standard InChI is InChI=1S/C11H15N2O/c1-8(2)7-13-11(14)9-5-3-4-6-10(9)12/h3-4,6,8H,7,12H2,1-2H3,(H,13,14). The van der Waals surface area contributed by atoms with Gasteiger partial charge in [0.15, 0.2) is 0 Å². The quantitative estimate of drug-likeness (QED) is 0.710. The zero-order valence-electron chi connectivity index (χ0n) is 8.50. The van der Waals surface area contributed by atoms with Crippen molar-refractivity contribution in [1.29, 1.82) is 0 Å². The molecule has 0 aliphatic carbocycles. The molecule has 75 valence electrons. The first-order valence-electron chi connectivity index (χ1n) is 4.65. The van der Waals surface area contributed by atoms with Gasteiger partial charge in [0.2, 0.25) is 0 Å². The first kappa shape index (κ1) is 10.6. The summed E-state index contributed by atoms with van der Waals surface area (Å²) in [6.45, 7) is 4.73. The second-order valence-corrected chi connectivity index (χ2v) is 3.60. The van der Waals surface area contributed by atoms with Gasteiger partial charge >= 0.3 is 0 Å². The van der Waals surface area contributed by atoms with Crippen LogP contribution < -0.4 is 11.1 Å². The van der Waals surface area contributed by atoms with Crippen molar-refractivity contribution < 1.29 is 4.79 Å². The molecule has 1 radical (unpaired) electrons. The van der Waals surface area contributed by atoms with Gasteiger partial charge in [-0.1, -0.05) is 26.0 Å². The fraction of sp³-hybridized carbons (Fsp3) is 0.364. The Hall–Kier alpha value is -1.51. The summed E-state index contributed by atoms with van der Waals surface area (Å²) in [6, 6.07) is 7.96. The fourth-order valence-corrected chi connectivity index (χ4v) is 1.03. The third kappa shape index (κ3) is 2.76. The molecule has 3 heteroatoms. The topological polar surface area (TPSA) is 55.1 Å². The van der Waals surface area contributed by atoms with Crippen molar-refractivity contribution in [2.45, 2.75) is 13.8 Å². The minimum absolute atomic E-state index is 0.156. The Bertz CT molecular complexity index is 321. The van der Waals surface area contributed by atoms with Crippen molar-refractivity contribution in [1.82, 2.24) is 5.32 Å². The number of amides is 1. The van der Waals surface area contributed by atoms with Crippen LogP contribution in [-0.4, -0.2) is 12.5 Å². The van der Waals surface area contributed by atoms with Gasteiger partial charge in [0.1, 0.15) is 0 Å². The molecule has 0 saturated heterocycles. The average Bonchev–Trinajstić information content (AvgIpc) is 2.15. The summed E-state index contributed by atoms with van der Waals surface area (Å²) in [5, 5.41) is 2.79. The van der Waals surface area contributed by atoms with E-state index < -0.39 is 0 Å². The van der Waals surface area contributed by atoms with Gasteiger partial charge in [-0.05, 0) is 18.1 Å². The molecule has 1 amide bonds. The van der Waals surface area contributed by atoms with Crippen LogP contribution >= 0.6 is 0 Å². The number of rotatable bonds is 3. The van der Waals surface area contributed by atoms with E-state index in [1.54, 1.807) is 18.2 Å². The maximum atomic E-state index is 11.5. The molecule has 0 saturated carbocycles. The van der Waals surface area contributed by atoms with E-state index in [0.29, 0.717) is 23.7 Å². The smallest absolute Gasteiger partial charge is 0.254 e. The van der Waals surface area contributed by atoms with E-state index in [-0.39, 0.29) is 5.91 Å². The van der Waals surface area contributed by atoms with Gasteiger partial charge in [0, 0.05) is 12.2 Å². The van der Waals surface area contributed by atoms with Crippen molar-refractivity contribution >= 4 is 11.6 Å². The summed E-state index contributed by atoms with van der Waals surface area (Å²) in [5.41, 5.74) is 6.53. The van der Waals surface area contributed by atoms with Crippen LogP contribution in [0.1, 0.15) is 24.2 Å². The molecule has 1 rings (SSSR count). The van der Waals surface area contributed by atoms with Crippen LogP contribution in [-0.2, 0) is 0 Å². The molecule has 3 nitrogen and oxygen atoms in total. The lowest BCUT2D eigenvalue weighted by atomic mass is 10.1. The Morgan fingerprint density at radius 3 is 2.93 bits per heavy atom. The first-order valence-corrected chi connectivity index (χ1v) is 4.65. The molecule has 0 aliphatic heterocycles. The molecule has 14 heavy (non-hydrogen) atoms. The van der Waals surface area contributed by atoms with Crippen molar-refractivity contribution in [3.8, 4) is 0 Å². The minimum atomic E-state index is -0.156. The fourth-order valence-electron chi connectivity index (χ4n) is 1.03. The van der Waals surface area contributed by atoms with E-state index in [9.17, 15) is 4.79 Å². The van der Waals surface area contributed by atoms with Crippen molar-refractivity contribution in [3.05, 3.63) is 29.8 Å². The van der Waals surface area contributed by atoms with Gasteiger partial charge < -0.3 is 11.1 Å². The SMILES string of the molecule is CC(C)CNC(=O)c1[c]cccc1N. The molecule has 0 unspecified atom stereocenters. The van der Waals surface area contributed by atoms with E-state index in [0.717, 1.165) is 0 Å². The lowest BCUT2D eigenvalue weighted by Gasteiger charge is -2.08. The molecule has 0 aromatic heterocycles. The molecular formula is C11H15N2O. The van der Waals surface area contributed by atoms with Gasteiger partial charge in [0.05, 0.1) is 5.56 Å². The highest BCUT2D eigenvalue weighted by molar-refractivity contribution is 5.98. The average molecular weight is 191 g/mol. The number of anilines is 1. The zero-order chi connectivity index (χ0) is 10.6. The highest BCUT2D eigenvalue weighted by atomic mass is 16.1. The van der Waals surface area contributed by atoms with E-state index in [1.165, 1.54) is 0 Å². The highest BCUT2D eigenvalue weighted by Crippen LogP contribution is 2.09. The van der Waals surface area contributed by atoms with Gasteiger partial charge in [-0.2, -0.15) is 0 Å². The van der Waals surface area contributed by atoms with Crippen LogP contribution in [0.25, 0.3) is 0 Å². The summed E-state index contributed by atoms with van der Waals surface area (Å²) in [4.78, 5) is 11.5. The van der Waals surface area contributed by atoms with Gasteiger partial charge in [-0.3, -0.25) is 4.79 Å². The molecule has 0 fully saturated rings. The number of nitrogens with one attached hydrogen (secondary N) is 1. The molecule has 0 spiro atoms. The van der Waals surface area contributed by atoms with Crippen molar-refractivity contribution in [2.24, 2.45) is 5.92 Å². The number of hydrogen-bond donors (Lipinski definition) is 2. The van der Waals surface area contributed by atoms with E-state index >= 15 is 0 Å². The van der Waals surface area contributed by atoms with Crippen LogP contribution in [0.15, 0.2) is 18.2 Å². The van der Waals surface area contributed by atoms with Gasteiger partial charge in [0.25, 0.3) is 5.91 Å². The first-order chi connectivity index (χ1) is 6.61. The summed E-state index contributed by atoms with van der Waals surface area (Å²) < 4.78 is 0. The molecule has 3 N–H and O–H groups in total. The third-order valence-electron chi connectivity index (χ3n) is 1.79. The maximum absolute atomic E-state index is 11.5.